The minimum atomic E-state index is -0.826. The molecular weight excluding hydrogens is 366 g/mol. The van der Waals surface area contributed by atoms with E-state index in [1.54, 1.807) is 0 Å². The average molecular weight is 383 g/mol. The molecule has 0 radical (unpaired) electrons. The summed E-state index contributed by atoms with van der Waals surface area (Å²) in [4.78, 5) is 0. The third kappa shape index (κ3) is 3.56. The topological polar surface area (TPSA) is 0 Å². The van der Waals surface area contributed by atoms with Crippen LogP contribution in [0.25, 0.3) is 6.08 Å². The zero-order valence-electron chi connectivity index (χ0n) is 11.3. The summed E-state index contributed by atoms with van der Waals surface area (Å²) < 4.78 is 0. The maximum atomic E-state index is 4.93. The van der Waals surface area contributed by atoms with Gasteiger partial charge in [-0.05, 0) is 17.5 Å². The second kappa shape index (κ2) is 7.78. The summed E-state index contributed by atoms with van der Waals surface area (Å²) in [5.74, 6) is 0. The van der Waals surface area contributed by atoms with Gasteiger partial charge in [-0.25, -0.2) is 0 Å². The van der Waals surface area contributed by atoms with E-state index in [0.717, 1.165) is 19.3 Å². The average Bonchev–Trinajstić information content (AvgIpc) is 3.06. The van der Waals surface area contributed by atoms with Gasteiger partial charge in [-0.1, -0.05) is 66.6 Å². The standard InChI is InChI=1S/C17H17.2ClH.Zr/c1-2-9-17(10-5-6-11-17)16-12-14-7-3-4-8-15(14)13-16;;;/h3-8,10-12H,1-2,9,13H2;2*1H;/q-1;;;+2/p-2. The van der Waals surface area contributed by atoms with Gasteiger partial charge in [0.25, 0.3) is 0 Å². The van der Waals surface area contributed by atoms with Gasteiger partial charge in [0.1, 0.15) is 0 Å². The van der Waals surface area contributed by atoms with E-state index in [1.807, 2.05) is 0 Å². The molecule has 0 saturated heterocycles. The van der Waals surface area contributed by atoms with E-state index in [9.17, 15) is 0 Å². The van der Waals surface area contributed by atoms with E-state index in [0.29, 0.717) is 0 Å². The monoisotopic (exact) mass is 381 g/mol. The van der Waals surface area contributed by atoms with Crippen molar-refractivity contribution < 1.29 is 20.8 Å². The molecule has 0 amide bonds. The molecule has 3 rings (SSSR count). The van der Waals surface area contributed by atoms with Crippen molar-refractivity contribution in [3.05, 3.63) is 72.2 Å². The van der Waals surface area contributed by atoms with Crippen LogP contribution in [0.2, 0.25) is 0 Å². The molecule has 0 bridgehead atoms. The van der Waals surface area contributed by atoms with E-state index in [2.05, 4.69) is 61.6 Å². The number of allylic oxidation sites excluding steroid dienone is 5. The van der Waals surface area contributed by atoms with E-state index < -0.39 is 20.8 Å². The van der Waals surface area contributed by atoms with Crippen LogP contribution in [0.1, 0.15) is 24.0 Å². The normalized spacial score (nSPS) is 17.2. The Morgan fingerprint density at radius 1 is 1.15 bits per heavy atom. The first kappa shape index (κ1) is 16.3. The van der Waals surface area contributed by atoms with Crippen molar-refractivity contribution in [2.45, 2.75) is 19.3 Å². The Labute approximate surface area is 140 Å². The Bertz CT molecular complexity index is 532. The van der Waals surface area contributed by atoms with Gasteiger partial charge in [0.05, 0.1) is 0 Å². The molecule has 0 fully saturated rings. The number of benzene rings is 1. The van der Waals surface area contributed by atoms with Crippen molar-refractivity contribution in [3.8, 4) is 0 Å². The Balaban J connectivity index is 0.000000452. The van der Waals surface area contributed by atoms with Crippen molar-refractivity contribution in [3.63, 3.8) is 0 Å². The van der Waals surface area contributed by atoms with Crippen LogP contribution in [0.15, 0.2) is 54.1 Å². The van der Waals surface area contributed by atoms with Crippen LogP contribution in [0.3, 0.4) is 0 Å². The van der Waals surface area contributed by atoms with Crippen LogP contribution in [0.4, 0.5) is 0 Å². The summed E-state index contributed by atoms with van der Waals surface area (Å²) in [6.07, 6.45) is 14.5. The van der Waals surface area contributed by atoms with Crippen molar-refractivity contribution in [1.29, 1.82) is 0 Å². The van der Waals surface area contributed by atoms with E-state index in [1.165, 1.54) is 16.7 Å². The molecule has 0 aromatic heterocycles. The van der Waals surface area contributed by atoms with Gasteiger partial charge in [0.15, 0.2) is 0 Å². The van der Waals surface area contributed by atoms with Crippen molar-refractivity contribution >= 4 is 23.1 Å². The van der Waals surface area contributed by atoms with Crippen molar-refractivity contribution in [1.82, 2.24) is 0 Å². The van der Waals surface area contributed by atoms with Gasteiger partial charge in [0, 0.05) is 5.41 Å². The van der Waals surface area contributed by atoms with Crippen LogP contribution in [-0.2, 0) is 27.3 Å². The first-order valence-electron chi connectivity index (χ1n) is 6.67. The molecule has 0 unspecified atom stereocenters. The summed E-state index contributed by atoms with van der Waals surface area (Å²) in [6.45, 7) is 4.02. The van der Waals surface area contributed by atoms with E-state index >= 15 is 0 Å². The molecule has 0 N–H and O–H groups in total. The van der Waals surface area contributed by atoms with Crippen LogP contribution in [0, 0.1) is 12.3 Å². The molecule has 104 valence electrons. The third-order valence-electron chi connectivity index (χ3n) is 3.85. The predicted molar refractivity (Wildman–Crippen MR) is 85.1 cm³/mol. The van der Waals surface area contributed by atoms with Gasteiger partial charge in [-0.15, -0.1) is 0 Å². The fraction of sp³-hybridized carbons (Fsp3) is 0.235. The minimum absolute atomic E-state index is 0.140. The first-order chi connectivity index (χ1) is 9.75. The summed E-state index contributed by atoms with van der Waals surface area (Å²) >= 11 is -0.826. The first-order valence-corrected chi connectivity index (χ1v) is 13.0. The molecule has 0 spiro atoms. The molecule has 0 heterocycles. The Kier molecular flexibility index (Phi) is 6.33. The fourth-order valence-corrected chi connectivity index (χ4v) is 2.92. The molecule has 0 atom stereocenters. The summed E-state index contributed by atoms with van der Waals surface area (Å²) in [5, 5.41) is 0. The van der Waals surface area contributed by atoms with Gasteiger partial charge in [0.2, 0.25) is 0 Å². The molecule has 0 aliphatic heterocycles. The second-order valence-corrected chi connectivity index (χ2v) is 8.71. The third-order valence-corrected chi connectivity index (χ3v) is 3.85. The van der Waals surface area contributed by atoms with Gasteiger partial charge in [-0.2, -0.15) is 6.42 Å². The molecule has 1 aromatic rings. The molecule has 1 aromatic carbocycles. The fourth-order valence-electron chi connectivity index (χ4n) is 2.92. The molecule has 20 heavy (non-hydrogen) atoms. The number of rotatable bonds is 3. The van der Waals surface area contributed by atoms with Crippen LogP contribution in [-0.4, -0.2) is 0 Å². The molecule has 0 saturated carbocycles. The van der Waals surface area contributed by atoms with Gasteiger partial charge in [-0.3, -0.25) is 0 Å². The van der Waals surface area contributed by atoms with Crippen LogP contribution < -0.4 is 0 Å². The van der Waals surface area contributed by atoms with Crippen molar-refractivity contribution in [2.24, 2.45) is 5.41 Å². The van der Waals surface area contributed by atoms with Gasteiger partial charge >= 0.3 is 37.9 Å². The number of hydrogen-bond acceptors (Lipinski definition) is 0. The van der Waals surface area contributed by atoms with Crippen LogP contribution >= 0.6 is 17.0 Å². The number of halogens is 2. The van der Waals surface area contributed by atoms with Gasteiger partial charge < -0.3 is 6.92 Å². The van der Waals surface area contributed by atoms with E-state index in [4.69, 9.17) is 17.0 Å². The SMILES string of the molecule is [CH2-]CCC1(C2=Cc3ccccc3C2)C=CC=C1.[Cl][Zr][Cl]. The zero-order valence-corrected chi connectivity index (χ0v) is 15.3. The Morgan fingerprint density at radius 3 is 2.40 bits per heavy atom. The Hall–Kier alpha value is -0.0969. The quantitative estimate of drug-likeness (QED) is 0.585. The molecule has 3 heteroatoms. The second-order valence-electron chi connectivity index (χ2n) is 4.98. The Morgan fingerprint density at radius 2 is 1.80 bits per heavy atom. The predicted octanol–water partition coefficient (Wildman–Crippen LogP) is 5.73. The molecule has 2 aliphatic rings. The summed E-state index contributed by atoms with van der Waals surface area (Å²) in [6, 6.07) is 8.69. The maximum absolute atomic E-state index is 4.93. The van der Waals surface area contributed by atoms with Crippen LogP contribution in [0.5, 0.6) is 0 Å². The van der Waals surface area contributed by atoms with E-state index in [-0.39, 0.29) is 5.41 Å². The molecule has 0 nitrogen and oxygen atoms in total. The number of fused-ring (bicyclic) bond motifs is 1. The summed E-state index contributed by atoms with van der Waals surface area (Å²) in [5.41, 5.74) is 4.51. The van der Waals surface area contributed by atoms with Crippen molar-refractivity contribution in [2.75, 3.05) is 0 Å². The zero-order chi connectivity index (χ0) is 14.4. The molecular formula is C17H17Cl2Zr-. The number of hydrogen-bond donors (Lipinski definition) is 0. The summed E-state index contributed by atoms with van der Waals surface area (Å²) in [7, 11) is 9.87. The molecule has 2 aliphatic carbocycles.